The zero-order valence-electron chi connectivity index (χ0n) is 14.0. The zero-order valence-corrected chi connectivity index (χ0v) is 14.8. The Morgan fingerprint density at radius 2 is 2.12 bits per heavy atom. The van der Waals surface area contributed by atoms with Crippen LogP contribution in [0.3, 0.4) is 0 Å². The van der Waals surface area contributed by atoms with Gasteiger partial charge in [-0.2, -0.15) is 0 Å². The highest BCUT2D eigenvalue weighted by Gasteiger charge is 2.06. The van der Waals surface area contributed by atoms with Gasteiger partial charge in [0, 0.05) is 43.0 Å². The van der Waals surface area contributed by atoms with E-state index in [0.29, 0.717) is 6.54 Å². The number of hydrogen-bond acceptors (Lipinski definition) is 6. The second-order valence-electron chi connectivity index (χ2n) is 5.77. The lowest BCUT2D eigenvalue weighted by molar-refractivity contribution is 0.663. The molecule has 0 amide bonds. The van der Waals surface area contributed by atoms with E-state index >= 15 is 0 Å². The number of H-pyrrole nitrogens is 1. The van der Waals surface area contributed by atoms with Crippen LogP contribution in [0.1, 0.15) is 16.8 Å². The van der Waals surface area contributed by atoms with Gasteiger partial charge in [0.2, 0.25) is 5.16 Å². The van der Waals surface area contributed by atoms with Crippen LogP contribution < -0.4 is 10.7 Å². The lowest BCUT2D eigenvalue weighted by Gasteiger charge is -2.09. The van der Waals surface area contributed by atoms with Gasteiger partial charge in [-0.1, -0.05) is 17.8 Å². The molecule has 0 fully saturated rings. The van der Waals surface area contributed by atoms with Gasteiger partial charge in [0.15, 0.2) is 5.43 Å². The van der Waals surface area contributed by atoms with Gasteiger partial charge in [0.25, 0.3) is 0 Å². The number of thioether (sulfide) groups is 1. The van der Waals surface area contributed by atoms with E-state index in [0.717, 1.165) is 45.2 Å². The summed E-state index contributed by atoms with van der Waals surface area (Å²) in [5.41, 5.74) is 4.07. The molecule has 2 heterocycles. The molecule has 0 aliphatic heterocycles. The first kappa shape index (κ1) is 16.7. The number of benzene rings is 1. The van der Waals surface area contributed by atoms with Crippen molar-refractivity contribution < 1.29 is 0 Å². The number of fused-ring (bicyclic) bond motifs is 1. The molecule has 7 nitrogen and oxygen atoms in total. The second kappa shape index (κ2) is 7.14. The minimum Gasteiger partial charge on any atom is -0.357 e. The normalized spacial score (nSPS) is 11.3. The Morgan fingerprint density at radius 1 is 1.29 bits per heavy atom. The first-order chi connectivity index (χ1) is 11.5. The number of nitrogens with one attached hydrogen (secondary N) is 2. The number of aromatic nitrogens is 5. The van der Waals surface area contributed by atoms with Gasteiger partial charge in [0.05, 0.1) is 5.52 Å². The molecular weight excluding hydrogens is 324 g/mol. The molecule has 8 heteroatoms. The number of hydrogen-bond donors (Lipinski definition) is 2. The molecule has 2 aromatic heterocycles. The topological polar surface area (TPSA) is 88.5 Å². The Balaban J connectivity index is 1.61. The Bertz CT molecular complexity index is 917. The Labute approximate surface area is 143 Å². The lowest BCUT2D eigenvalue weighted by Crippen LogP contribution is -2.19. The summed E-state index contributed by atoms with van der Waals surface area (Å²) in [6.45, 7) is 5.44. The summed E-state index contributed by atoms with van der Waals surface area (Å²) in [6, 6.07) is 5.69. The molecule has 3 rings (SSSR count). The first-order valence-electron chi connectivity index (χ1n) is 7.73. The molecule has 0 unspecified atom stereocenters. The Morgan fingerprint density at radius 3 is 2.88 bits per heavy atom. The van der Waals surface area contributed by atoms with Gasteiger partial charge in [-0.05, 0) is 41.5 Å². The number of tetrazole rings is 1. The highest BCUT2D eigenvalue weighted by atomic mass is 32.2. The van der Waals surface area contributed by atoms with Gasteiger partial charge in [-0.15, -0.1) is 5.10 Å². The molecule has 0 atom stereocenters. The minimum absolute atomic E-state index is 0.0619. The van der Waals surface area contributed by atoms with Crippen LogP contribution in [0.5, 0.6) is 0 Å². The van der Waals surface area contributed by atoms with E-state index in [1.165, 1.54) is 0 Å². The molecule has 0 aliphatic carbocycles. The summed E-state index contributed by atoms with van der Waals surface area (Å²) in [7, 11) is 1.82. The summed E-state index contributed by atoms with van der Waals surface area (Å²) in [4.78, 5) is 15.7. The fraction of sp³-hybridized carbons (Fsp3) is 0.375. The molecule has 3 aromatic rings. The molecular formula is C16H20N6OS. The maximum Gasteiger partial charge on any atom is 0.209 e. The quantitative estimate of drug-likeness (QED) is 0.521. The van der Waals surface area contributed by atoms with Gasteiger partial charge < -0.3 is 10.3 Å². The molecule has 0 spiro atoms. The van der Waals surface area contributed by atoms with E-state index in [-0.39, 0.29) is 5.43 Å². The number of rotatable bonds is 6. The molecule has 126 valence electrons. The van der Waals surface area contributed by atoms with Crippen LogP contribution >= 0.6 is 11.8 Å². The van der Waals surface area contributed by atoms with Crippen molar-refractivity contribution in [2.45, 2.75) is 25.5 Å². The van der Waals surface area contributed by atoms with Gasteiger partial charge >= 0.3 is 0 Å². The van der Waals surface area contributed by atoms with Crippen LogP contribution in [0.25, 0.3) is 10.9 Å². The van der Waals surface area contributed by atoms with E-state index in [9.17, 15) is 4.79 Å². The third kappa shape index (κ3) is 3.65. The SMILES string of the molecule is Cc1cc(C)c2[nH]c(CNCCSc3nnnn3C)cc(=O)c2c1. The fourth-order valence-corrected chi connectivity index (χ4v) is 3.38. The lowest BCUT2D eigenvalue weighted by atomic mass is 10.1. The van der Waals surface area contributed by atoms with Crippen LogP contribution in [0.4, 0.5) is 0 Å². The third-order valence-electron chi connectivity index (χ3n) is 3.74. The van der Waals surface area contributed by atoms with Crippen LogP contribution in [0.15, 0.2) is 28.2 Å². The van der Waals surface area contributed by atoms with Crippen molar-refractivity contribution in [2.24, 2.45) is 7.05 Å². The highest BCUT2D eigenvalue weighted by molar-refractivity contribution is 7.99. The largest absolute Gasteiger partial charge is 0.357 e. The van der Waals surface area contributed by atoms with Crippen LogP contribution in [-0.2, 0) is 13.6 Å². The van der Waals surface area contributed by atoms with Gasteiger partial charge in [-0.3, -0.25) is 4.79 Å². The van der Waals surface area contributed by atoms with Crippen molar-refractivity contribution >= 4 is 22.7 Å². The van der Waals surface area contributed by atoms with E-state index < -0.39 is 0 Å². The van der Waals surface area contributed by atoms with E-state index in [4.69, 9.17) is 0 Å². The standard InChI is InChI=1S/C16H20N6OS/c1-10-6-11(2)15-13(7-10)14(23)8-12(18-15)9-17-4-5-24-16-19-20-21-22(16)3/h6-8,17H,4-5,9H2,1-3H3,(H,18,23). The second-order valence-corrected chi connectivity index (χ2v) is 6.84. The van der Waals surface area contributed by atoms with Crippen LogP contribution in [0.2, 0.25) is 0 Å². The average Bonchev–Trinajstić information content (AvgIpc) is 2.93. The third-order valence-corrected chi connectivity index (χ3v) is 4.76. The molecule has 0 bridgehead atoms. The number of aryl methyl sites for hydroxylation is 3. The van der Waals surface area contributed by atoms with E-state index in [2.05, 4.69) is 31.9 Å². The first-order valence-corrected chi connectivity index (χ1v) is 8.72. The van der Waals surface area contributed by atoms with Crippen molar-refractivity contribution in [3.63, 3.8) is 0 Å². The number of pyridine rings is 1. The van der Waals surface area contributed by atoms with Gasteiger partial charge in [0.1, 0.15) is 0 Å². The minimum atomic E-state index is 0.0619. The van der Waals surface area contributed by atoms with Crippen LogP contribution in [-0.4, -0.2) is 37.5 Å². The zero-order chi connectivity index (χ0) is 17.1. The summed E-state index contributed by atoms with van der Waals surface area (Å²) in [6.07, 6.45) is 0. The molecule has 1 aromatic carbocycles. The number of nitrogens with zero attached hydrogens (tertiary/aromatic N) is 4. The molecule has 2 N–H and O–H groups in total. The molecule has 0 saturated heterocycles. The van der Waals surface area contributed by atoms with Crippen molar-refractivity contribution in [1.82, 2.24) is 30.5 Å². The summed E-state index contributed by atoms with van der Waals surface area (Å²) >= 11 is 1.59. The van der Waals surface area contributed by atoms with E-state index in [1.807, 2.05) is 27.0 Å². The summed E-state index contributed by atoms with van der Waals surface area (Å²) < 4.78 is 1.65. The predicted octanol–water partition coefficient (Wildman–Crippen LogP) is 1.55. The fourth-order valence-electron chi connectivity index (χ4n) is 2.64. The molecule has 0 aliphatic rings. The van der Waals surface area contributed by atoms with Crippen molar-refractivity contribution in [1.29, 1.82) is 0 Å². The predicted molar refractivity (Wildman–Crippen MR) is 95.3 cm³/mol. The maximum atomic E-state index is 12.3. The maximum absolute atomic E-state index is 12.3. The van der Waals surface area contributed by atoms with Gasteiger partial charge in [-0.25, -0.2) is 4.68 Å². The molecule has 24 heavy (non-hydrogen) atoms. The summed E-state index contributed by atoms with van der Waals surface area (Å²) in [5.74, 6) is 0.851. The Kier molecular flexibility index (Phi) is 4.96. The van der Waals surface area contributed by atoms with Crippen molar-refractivity contribution in [3.05, 3.63) is 45.2 Å². The van der Waals surface area contributed by atoms with Crippen molar-refractivity contribution in [2.75, 3.05) is 12.3 Å². The number of aromatic amines is 1. The highest BCUT2D eigenvalue weighted by Crippen LogP contribution is 2.16. The smallest absolute Gasteiger partial charge is 0.209 e. The Hall–Kier alpha value is -2.19. The molecule has 0 saturated carbocycles. The van der Waals surface area contributed by atoms with Crippen molar-refractivity contribution in [3.8, 4) is 0 Å². The van der Waals surface area contributed by atoms with E-state index in [1.54, 1.807) is 22.5 Å². The average molecular weight is 344 g/mol. The summed E-state index contributed by atoms with van der Waals surface area (Å²) in [5, 5.41) is 16.2. The van der Waals surface area contributed by atoms with Crippen LogP contribution in [0, 0.1) is 13.8 Å². The monoisotopic (exact) mass is 344 g/mol. The molecule has 0 radical (unpaired) electrons.